The van der Waals surface area contributed by atoms with Gasteiger partial charge < -0.3 is 0 Å². The summed E-state index contributed by atoms with van der Waals surface area (Å²) >= 11 is 0. The van der Waals surface area contributed by atoms with Crippen LogP contribution in [-0.4, -0.2) is 0 Å². The summed E-state index contributed by atoms with van der Waals surface area (Å²) in [7, 11) is 0. The Morgan fingerprint density at radius 1 is 1.23 bits per heavy atom. The third kappa shape index (κ3) is 2.21. The molecule has 0 saturated heterocycles. The minimum Gasteiger partial charge on any atom is -0.0813 e. The van der Waals surface area contributed by atoms with Crippen LogP contribution in [-0.2, 0) is 0 Å². The van der Waals surface area contributed by atoms with Crippen LogP contribution in [0.1, 0.15) is 37.0 Å². The van der Waals surface area contributed by atoms with Gasteiger partial charge in [0.1, 0.15) is 0 Å². The molecule has 0 aliphatic rings. The highest BCUT2D eigenvalue weighted by Crippen LogP contribution is 2.22. The molecular weight excluding hydrogens is 156 g/mol. The number of hydrogen-bond acceptors (Lipinski definition) is 0. The first-order valence-corrected chi connectivity index (χ1v) is 4.90. The molecule has 0 amide bonds. The van der Waals surface area contributed by atoms with E-state index in [1.165, 1.54) is 22.3 Å². The normalized spacial score (nSPS) is 11.8. The Labute approximate surface area is 81.3 Å². The van der Waals surface area contributed by atoms with Gasteiger partial charge in [-0.1, -0.05) is 31.2 Å². The summed E-state index contributed by atoms with van der Waals surface area (Å²) in [6.45, 7) is 8.72. The van der Waals surface area contributed by atoms with E-state index in [9.17, 15) is 0 Å². The fourth-order valence-electron chi connectivity index (χ4n) is 1.84. The van der Waals surface area contributed by atoms with E-state index in [0.717, 1.165) is 6.42 Å². The van der Waals surface area contributed by atoms with Crippen molar-refractivity contribution in [2.45, 2.75) is 34.1 Å². The Morgan fingerprint density at radius 3 is 2.23 bits per heavy atom. The van der Waals surface area contributed by atoms with E-state index < -0.39 is 0 Å². The predicted molar refractivity (Wildman–Crippen MR) is 59.9 cm³/mol. The molecule has 0 aliphatic heterocycles. The topological polar surface area (TPSA) is 0 Å². The summed E-state index contributed by atoms with van der Waals surface area (Å²) in [6.07, 6.45) is 3.40. The van der Waals surface area contributed by atoms with Crippen molar-refractivity contribution in [2.24, 2.45) is 0 Å². The van der Waals surface area contributed by atoms with Crippen LogP contribution in [0.5, 0.6) is 0 Å². The highest BCUT2D eigenvalue weighted by Gasteiger charge is 2.02. The highest BCUT2D eigenvalue weighted by molar-refractivity contribution is 5.69. The summed E-state index contributed by atoms with van der Waals surface area (Å²) in [6, 6.07) is 6.47. The van der Waals surface area contributed by atoms with Crippen molar-refractivity contribution in [1.82, 2.24) is 0 Å². The molecule has 70 valence electrons. The van der Waals surface area contributed by atoms with Crippen LogP contribution in [0.25, 0.3) is 5.57 Å². The predicted octanol–water partition coefficient (Wildman–Crippen LogP) is 4.12. The third-order valence-electron chi connectivity index (χ3n) is 2.39. The van der Waals surface area contributed by atoms with Crippen molar-refractivity contribution in [1.29, 1.82) is 0 Å². The second-order valence-electron chi connectivity index (χ2n) is 3.56. The van der Waals surface area contributed by atoms with Gasteiger partial charge in [-0.05, 0) is 49.5 Å². The largest absolute Gasteiger partial charge is 0.0813 e. The lowest BCUT2D eigenvalue weighted by molar-refractivity contribution is 1.21. The highest BCUT2D eigenvalue weighted by atomic mass is 14.1. The Bertz CT molecular complexity index is 299. The van der Waals surface area contributed by atoms with Crippen LogP contribution in [0, 0.1) is 13.8 Å². The van der Waals surface area contributed by atoms with Crippen molar-refractivity contribution >= 4 is 5.57 Å². The molecule has 0 heterocycles. The Morgan fingerprint density at radius 2 is 1.77 bits per heavy atom. The van der Waals surface area contributed by atoms with Crippen LogP contribution < -0.4 is 0 Å². The monoisotopic (exact) mass is 174 g/mol. The summed E-state index contributed by atoms with van der Waals surface area (Å²) < 4.78 is 0. The molecule has 0 aromatic heterocycles. The first-order valence-electron chi connectivity index (χ1n) is 4.90. The van der Waals surface area contributed by atoms with E-state index >= 15 is 0 Å². The Balaban J connectivity index is 3.20. The maximum absolute atomic E-state index is 2.29. The zero-order valence-electron chi connectivity index (χ0n) is 9.02. The van der Waals surface area contributed by atoms with Gasteiger partial charge >= 0.3 is 0 Å². The molecule has 0 spiro atoms. The number of rotatable bonds is 2. The Kier molecular flexibility index (Phi) is 3.30. The first-order chi connectivity index (χ1) is 6.16. The van der Waals surface area contributed by atoms with E-state index in [0.29, 0.717) is 0 Å². The van der Waals surface area contributed by atoms with Gasteiger partial charge in [-0.2, -0.15) is 0 Å². The van der Waals surface area contributed by atoms with Gasteiger partial charge in [0.05, 0.1) is 0 Å². The SMILES string of the molecule is CC/C=C(\C)c1c(C)cccc1C. The van der Waals surface area contributed by atoms with Crippen molar-refractivity contribution in [2.75, 3.05) is 0 Å². The molecule has 0 N–H and O–H groups in total. The molecule has 0 aliphatic carbocycles. The Hall–Kier alpha value is -1.04. The average molecular weight is 174 g/mol. The number of allylic oxidation sites excluding steroid dienone is 2. The number of hydrogen-bond donors (Lipinski definition) is 0. The molecule has 0 atom stereocenters. The lowest BCUT2D eigenvalue weighted by atomic mass is 9.96. The summed E-state index contributed by atoms with van der Waals surface area (Å²) in [4.78, 5) is 0. The van der Waals surface area contributed by atoms with Crippen LogP contribution in [0.3, 0.4) is 0 Å². The molecule has 1 rings (SSSR count). The molecule has 13 heavy (non-hydrogen) atoms. The zero-order valence-corrected chi connectivity index (χ0v) is 9.02. The minimum atomic E-state index is 1.11. The van der Waals surface area contributed by atoms with Gasteiger partial charge in [0, 0.05) is 0 Å². The first kappa shape index (κ1) is 10.0. The van der Waals surface area contributed by atoms with Crippen molar-refractivity contribution in [3.05, 3.63) is 41.0 Å². The molecule has 1 aromatic carbocycles. The standard InChI is InChI=1S/C13H18/c1-5-7-10(2)13-11(3)8-6-9-12(13)4/h6-9H,5H2,1-4H3/b10-7+. The molecule has 0 heteroatoms. The molecule has 0 fully saturated rings. The maximum atomic E-state index is 2.29. The lowest BCUT2D eigenvalue weighted by Crippen LogP contribution is -1.89. The van der Waals surface area contributed by atoms with Crippen LogP contribution >= 0.6 is 0 Å². The van der Waals surface area contributed by atoms with Gasteiger partial charge in [-0.25, -0.2) is 0 Å². The van der Waals surface area contributed by atoms with Gasteiger partial charge in [0.15, 0.2) is 0 Å². The number of aryl methyl sites for hydroxylation is 2. The third-order valence-corrected chi connectivity index (χ3v) is 2.39. The molecular formula is C13H18. The van der Waals surface area contributed by atoms with Gasteiger partial charge in [-0.3, -0.25) is 0 Å². The van der Waals surface area contributed by atoms with Crippen molar-refractivity contribution < 1.29 is 0 Å². The van der Waals surface area contributed by atoms with E-state index in [4.69, 9.17) is 0 Å². The summed E-state index contributed by atoms with van der Waals surface area (Å²) in [5.74, 6) is 0. The second kappa shape index (κ2) is 4.27. The fraction of sp³-hybridized carbons (Fsp3) is 0.385. The molecule has 0 nitrogen and oxygen atoms in total. The van der Waals surface area contributed by atoms with Crippen LogP contribution in [0.15, 0.2) is 24.3 Å². The molecule has 0 saturated carbocycles. The minimum absolute atomic E-state index is 1.11. The van der Waals surface area contributed by atoms with Gasteiger partial charge in [-0.15, -0.1) is 0 Å². The smallest absolute Gasteiger partial charge is 0.0172 e. The lowest BCUT2D eigenvalue weighted by Gasteiger charge is -2.09. The van der Waals surface area contributed by atoms with Crippen LogP contribution in [0.2, 0.25) is 0 Å². The van der Waals surface area contributed by atoms with Crippen LogP contribution in [0.4, 0.5) is 0 Å². The molecule has 1 aromatic rings. The van der Waals surface area contributed by atoms with Crippen molar-refractivity contribution in [3.63, 3.8) is 0 Å². The quantitative estimate of drug-likeness (QED) is 0.632. The fourth-order valence-corrected chi connectivity index (χ4v) is 1.84. The molecule has 0 bridgehead atoms. The summed E-state index contributed by atoms with van der Waals surface area (Å²) in [5.41, 5.74) is 5.58. The summed E-state index contributed by atoms with van der Waals surface area (Å²) in [5, 5.41) is 0. The van der Waals surface area contributed by atoms with E-state index in [1.807, 2.05) is 0 Å². The van der Waals surface area contributed by atoms with E-state index in [-0.39, 0.29) is 0 Å². The molecule has 0 radical (unpaired) electrons. The van der Waals surface area contributed by atoms with E-state index in [1.54, 1.807) is 0 Å². The van der Waals surface area contributed by atoms with Gasteiger partial charge in [0.2, 0.25) is 0 Å². The maximum Gasteiger partial charge on any atom is -0.0172 e. The second-order valence-corrected chi connectivity index (χ2v) is 3.56. The zero-order chi connectivity index (χ0) is 9.84. The number of benzene rings is 1. The van der Waals surface area contributed by atoms with Crippen molar-refractivity contribution in [3.8, 4) is 0 Å². The van der Waals surface area contributed by atoms with E-state index in [2.05, 4.69) is 52.0 Å². The molecule has 0 unspecified atom stereocenters. The average Bonchev–Trinajstić information content (AvgIpc) is 2.04. The van der Waals surface area contributed by atoms with Gasteiger partial charge in [0.25, 0.3) is 0 Å².